The van der Waals surface area contributed by atoms with Crippen LogP contribution in [-0.4, -0.2) is 12.2 Å². The minimum Gasteiger partial charge on any atom is -0.375 e. The van der Waals surface area contributed by atoms with Gasteiger partial charge in [-0.05, 0) is 56.8 Å². The first-order valence-electron chi connectivity index (χ1n) is 6.36. The predicted octanol–water partition coefficient (Wildman–Crippen LogP) is 3.77. The third-order valence-corrected chi connectivity index (χ3v) is 4.32. The molecule has 2 rings (SSSR count). The molecule has 0 N–H and O–H groups in total. The summed E-state index contributed by atoms with van der Waals surface area (Å²) in [5, 5.41) is 0. The van der Waals surface area contributed by atoms with E-state index in [1.165, 1.54) is 44.9 Å². The highest BCUT2D eigenvalue weighted by Crippen LogP contribution is 2.42. The molecule has 0 aromatic rings. The standard InChI is InChI=1S/C13H24O/c1-11(2)12-5-8-13(9-6-12)7-3-4-10-14-13/h11-12H,3-10H2,1-2H3/t12-,13+. The van der Waals surface area contributed by atoms with E-state index in [4.69, 9.17) is 4.74 Å². The molecule has 1 spiro atoms. The van der Waals surface area contributed by atoms with Gasteiger partial charge in [0.1, 0.15) is 0 Å². The molecule has 2 fully saturated rings. The SMILES string of the molecule is CC(C)[C@H]1CC[C@]2(CCCCO2)CC1. The van der Waals surface area contributed by atoms with Crippen molar-refractivity contribution in [3.63, 3.8) is 0 Å². The fourth-order valence-electron chi connectivity index (χ4n) is 3.14. The molecule has 0 unspecified atom stereocenters. The van der Waals surface area contributed by atoms with Crippen molar-refractivity contribution in [1.29, 1.82) is 0 Å². The minimum atomic E-state index is 0.323. The van der Waals surface area contributed by atoms with Crippen LogP contribution >= 0.6 is 0 Å². The van der Waals surface area contributed by atoms with Crippen molar-refractivity contribution < 1.29 is 4.74 Å². The van der Waals surface area contributed by atoms with Crippen LogP contribution in [0.2, 0.25) is 0 Å². The van der Waals surface area contributed by atoms with Crippen molar-refractivity contribution in [3.8, 4) is 0 Å². The molecule has 0 amide bonds. The molecule has 1 saturated heterocycles. The molecule has 0 radical (unpaired) electrons. The zero-order chi connectivity index (χ0) is 10.0. The molecule has 0 aromatic heterocycles. The lowest BCUT2D eigenvalue weighted by molar-refractivity contribution is -0.109. The Kier molecular flexibility index (Phi) is 3.16. The molecule has 1 nitrogen and oxygen atoms in total. The first-order valence-corrected chi connectivity index (χ1v) is 6.36. The maximum absolute atomic E-state index is 6.03. The molecule has 2 aliphatic rings. The molecule has 14 heavy (non-hydrogen) atoms. The lowest BCUT2D eigenvalue weighted by Crippen LogP contribution is -2.40. The van der Waals surface area contributed by atoms with Crippen LogP contribution in [0, 0.1) is 11.8 Å². The highest BCUT2D eigenvalue weighted by Gasteiger charge is 2.37. The van der Waals surface area contributed by atoms with Crippen LogP contribution in [0.3, 0.4) is 0 Å². The average Bonchev–Trinajstić information content (AvgIpc) is 2.19. The van der Waals surface area contributed by atoms with Crippen molar-refractivity contribution in [1.82, 2.24) is 0 Å². The third-order valence-electron chi connectivity index (χ3n) is 4.32. The molecule has 1 aliphatic carbocycles. The Bertz CT molecular complexity index is 170. The number of hydrogen-bond acceptors (Lipinski definition) is 1. The number of rotatable bonds is 1. The minimum absolute atomic E-state index is 0.323. The van der Waals surface area contributed by atoms with E-state index in [1.807, 2.05) is 0 Å². The lowest BCUT2D eigenvalue weighted by atomic mass is 9.72. The summed E-state index contributed by atoms with van der Waals surface area (Å²) in [5.74, 6) is 1.84. The molecular weight excluding hydrogens is 172 g/mol. The van der Waals surface area contributed by atoms with Gasteiger partial charge >= 0.3 is 0 Å². The number of ether oxygens (including phenoxy) is 1. The number of hydrogen-bond donors (Lipinski definition) is 0. The van der Waals surface area contributed by atoms with Gasteiger partial charge in [-0.2, -0.15) is 0 Å². The second-order valence-electron chi connectivity index (χ2n) is 5.57. The molecule has 82 valence electrons. The van der Waals surface area contributed by atoms with Gasteiger partial charge < -0.3 is 4.74 Å². The summed E-state index contributed by atoms with van der Waals surface area (Å²) >= 11 is 0. The first kappa shape index (κ1) is 10.5. The Morgan fingerprint density at radius 1 is 1.07 bits per heavy atom. The fraction of sp³-hybridized carbons (Fsp3) is 1.00. The van der Waals surface area contributed by atoms with E-state index in [-0.39, 0.29) is 0 Å². The van der Waals surface area contributed by atoms with Crippen molar-refractivity contribution in [3.05, 3.63) is 0 Å². The van der Waals surface area contributed by atoms with Crippen molar-refractivity contribution in [2.24, 2.45) is 11.8 Å². The van der Waals surface area contributed by atoms with Crippen molar-refractivity contribution >= 4 is 0 Å². The van der Waals surface area contributed by atoms with Gasteiger partial charge in [-0.15, -0.1) is 0 Å². The molecule has 0 bridgehead atoms. The zero-order valence-electron chi connectivity index (χ0n) is 9.72. The maximum atomic E-state index is 6.03. The summed E-state index contributed by atoms with van der Waals surface area (Å²) in [6, 6.07) is 0. The Morgan fingerprint density at radius 2 is 1.79 bits per heavy atom. The van der Waals surface area contributed by atoms with Gasteiger partial charge in [0.25, 0.3) is 0 Å². The van der Waals surface area contributed by atoms with Crippen LogP contribution in [0.25, 0.3) is 0 Å². The largest absolute Gasteiger partial charge is 0.375 e. The van der Waals surface area contributed by atoms with Crippen molar-refractivity contribution in [2.45, 2.75) is 64.4 Å². The Hall–Kier alpha value is -0.0400. The van der Waals surface area contributed by atoms with Crippen LogP contribution in [0.15, 0.2) is 0 Å². The van der Waals surface area contributed by atoms with Gasteiger partial charge in [-0.3, -0.25) is 0 Å². The molecule has 1 aliphatic heterocycles. The van der Waals surface area contributed by atoms with Gasteiger partial charge in [-0.1, -0.05) is 13.8 Å². The van der Waals surface area contributed by atoms with E-state index in [9.17, 15) is 0 Å². The van der Waals surface area contributed by atoms with Gasteiger partial charge in [-0.25, -0.2) is 0 Å². The first-order chi connectivity index (χ1) is 6.72. The summed E-state index contributed by atoms with van der Waals surface area (Å²) in [6.07, 6.45) is 9.47. The second kappa shape index (κ2) is 4.22. The quantitative estimate of drug-likeness (QED) is 0.620. The smallest absolute Gasteiger partial charge is 0.0682 e. The monoisotopic (exact) mass is 196 g/mol. The van der Waals surface area contributed by atoms with E-state index in [2.05, 4.69) is 13.8 Å². The average molecular weight is 196 g/mol. The zero-order valence-corrected chi connectivity index (χ0v) is 9.72. The molecular formula is C13H24O. The van der Waals surface area contributed by atoms with Crippen LogP contribution in [0.5, 0.6) is 0 Å². The Labute approximate surface area is 88.2 Å². The molecule has 1 saturated carbocycles. The Balaban J connectivity index is 1.87. The molecule has 1 heterocycles. The van der Waals surface area contributed by atoms with Crippen LogP contribution in [0.1, 0.15) is 58.8 Å². The highest BCUT2D eigenvalue weighted by molar-refractivity contribution is 4.89. The van der Waals surface area contributed by atoms with E-state index in [0.717, 1.165) is 18.4 Å². The van der Waals surface area contributed by atoms with E-state index in [0.29, 0.717) is 5.60 Å². The van der Waals surface area contributed by atoms with E-state index < -0.39 is 0 Å². The van der Waals surface area contributed by atoms with Gasteiger partial charge in [0.05, 0.1) is 5.60 Å². The highest BCUT2D eigenvalue weighted by atomic mass is 16.5. The summed E-state index contributed by atoms with van der Waals surface area (Å²) in [4.78, 5) is 0. The van der Waals surface area contributed by atoms with Crippen LogP contribution < -0.4 is 0 Å². The van der Waals surface area contributed by atoms with Crippen LogP contribution in [0.4, 0.5) is 0 Å². The summed E-state index contributed by atoms with van der Waals surface area (Å²) in [7, 11) is 0. The molecule has 1 heteroatoms. The van der Waals surface area contributed by atoms with E-state index in [1.54, 1.807) is 0 Å². The lowest BCUT2D eigenvalue weighted by Gasteiger charge is -2.43. The van der Waals surface area contributed by atoms with Crippen molar-refractivity contribution in [2.75, 3.05) is 6.61 Å². The van der Waals surface area contributed by atoms with E-state index >= 15 is 0 Å². The van der Waals surface area contributed by atoms with Crippen LogP contribution in [-0.2, 0) is 4.74 Å². The Morgan fingerprint density at radius 3 is 2.29 bits per heavy atom. The summed E-state index contributed by atoms with van der Waals surface area (Å²) in [6.45, 7) is 5.75. The predicted molar refractivity (Wildman–Crippen MR) is 59.3 cm³/mol. The summed E-state index contributed by atoms with van der Waals surface area (Å²) in [5.41, 5.74) is 0.323. The van der Waals surface area contributed by atoms with Gasteiger partial charge in [0.15, 0.2) is 0 Å². The second-order valence-corrected chi connectivity index (χ2v) is 5.57. The molecule has 0 atom stereocenters. The topological polar surface area (TPSA) is 9.23 Å². The maximum Gasteiger partial charge on any atom is 0.0682 e. The third kappa shape index (κ3) is 2.13. The van der Waals surface area contributed by atoms with Gasteiger partial charge in [0.2, 0.25) is 0 Å². The summed E-state index contributed by atoms with van der Waals surface area (Å²) < 4.78 is 6.03. The fourth-order valence-corrected chi connectivity index (χ4v) is 3.14. The normalized spacial score (nSPS) is 39.2. The van der Waals surface area contributed by atoms with Gasteiger partial charge in [0, 0.05) is 6.61 Å². The molecule has 0 aromatic carbocycles.